The Morgan fingerprint density at radius 3 is 2.30 bits per heavy atom. The minimum atomic E-state index is -0.368. The maximum atomic E-state index is 6.03. The highest BCUT2D eigenvalue weighted by atomic mass is 16.7. The maximum absolute atomic E-state index is 6.03. The first-order chi connectivity index (χ1) is 9.09. The topological polar surface area (TPSA) is 45.5 Å². The normalized spacial score (nSPS) is 21.4. The van der Waals surface area contributed by atoms with Gasteiger partial charge in [0.15, 0.2) is 0 Å². The monoisotopic (exact) mass is 280 g/mol. The lowest BCUT2D eigenvalue weighted by atomic mass is 9.82. The molecule has 0 aliphatic carbocycles. The fourth-order valence-electron chi connectivity index (χ4n) is 2.19. The van der Waals surface area contributed by atoms with E-state index in [0.29, 0.717) is 6.61 Å². The molecule has 0 radical (unpaired) electrons. The van der Waals surface area contributed by atoms with E-state index in [0.717, 1.165) is 5.46 Å². The number of nitrogens with zero attached hydrogens (tertiary/aromatic N) is 2. The van der Waals surface area contributed by atoms with E-state index < -0.39 is 0 Å². The van der Waals surface area contributed by atoms with E-state index in [1.54, 1.807) is 13.3 Å². The first-order valence-corrected chi connectivity index (χ1v) is 6.99. The molecular weight excluding hydrogens is 255 g/mol. The van der Waals surface area contributed by atoms with Crippen molar-refractivity contribution in [2.75, 3.05) is 13.7 Å². The first-order valence-electron chi connectivity index (χ1n) is 6.99. The van der Waals surface area contributed by atoms with Crippen LogP contribution in [0.2, 0.25) is 0 Å². The van der Waals surface area contributed by atoms with Crippen LogP contribution in [0.15, 0.2) is 12.4 Å². The zero-order valence-electron chi connectivity index (χ0n) is 13.6. The van der Waals surface area contributed by atoms with Crippen LogP contribution in [0.4, 0.5) is 0 Å². The second kappa shape index (κ2) is 4.86. The third-order valence-electron chi connectivity index (χ3n) is 4.25. The number of hydrogen-bond acceptors (Lipinski definition) is 4. The van der Waals surface area contributed by atoms with E-state index in [-0.39, 0.29) is 23.9 Å². The summed E-state index contributed by atoms with van der Waals surface area (Å²) in [6, 6.07) is 0. The predicted molar refractivity (Wildman–Crippen MR) is 79.1 cm³/mol. The summed E-state index contributed by atoms with van der Waals surface area (Å²) >= 11 is 0. The maximum Gasteiger partial charge on any atom is 0.498 e. The lowest BCUT2D eigenvalue weighted by Gasteiger charge is -2.32. The molecule has 1 saturated heterocycles. The minimum Gasteiger partial charge on any atom is -0.399 e. The lowest BCUT2D eigenvalue weighted by Crippen LogP contribution is -2.41. The fraction of sp³-hybridized carbons (Fsp3) is 0.786. The van der Waals surface area contributed by atoms with Gasteiger partial charge in [0.1, 0.15) is 0 Å². The Morgan fingerprint density at radius 2 is 1.80 bits per heavy atom. The Morgan fingerprint density at radius 1 is 1.25 bits per heavy atom. The van der Waals surface area contributed by atoms with E-state index >= 15 is 0 Å². The largest absolute Gasteiger partial charge is 0.498 e. The molecule has 1 aromatic heterocycles. The second-order valence-corrected chi connectivity index (χ2v) is 7.05. The Bertz CT molecular complexity index is 467. The van der Waals surface area contributed by atoms with Gasteiger partial charge in [-0.1, -0.05) is 0 Å². The van der Waals surface area contributed by atoms with Gasteiger partial charge in [-0.05, 0) is 41.5 Å². The molecular formula is C14H25BN2O3. The van der Waals surface area contributed by atoms with Crippen LogP contribution in [0.3, 0.4) is 0 Å². The highest BCUT2D eigenvalue weighted by molar-refractivity contribution is 6.62. The highest BCUT2D eigenvalue weighted by Gasteiger charge is 2.52. The van der Waals surface area contributed by atoms with E-state index in [1.807, 2.05) is 38.6 Å². The van der Waals surface area contributed by atoms with Gasteiger partial charge >= 0.3 is 7.12 Å². The number of methoxy groups -OCH3 is 1. The molecule has 0 bridgehead atoms. The van der Waals surface area contributed by atoms with Crippen LogP contribution in [0.25, 0.3) is 0 Å². The SMILES string of the molecule is COCC(C)(C)n1cc(B2OC(C)(C)C(C)(C)O2)cn1. The summed E-state index contributed by atoms with van der Waals surface area (Å²) in [5.74, 6) is 0. The molecule has 2 heterocycles. The Hall–Kier alpha value is -0.845. The van der Waals surface area contributed by atoms with Crippen LogP contribution < -0.4 is 5.46 Å². The van der Waals surface area contributed by atoms with Crippen LogP contribution in [0, 0.1) is 0 Å². The molecule has 6 heteroatoms. The molecule has 0 aromatic carbocycles. The van der Waals surface area contributed by atoms with E-state index in [4.69, 9.17) is 14.0 Å². The third kappa shape index (κ3) is 2.64. The van der Waals surface area contributed by atoms with Crippen molar-refractivity contribution in [3.63, 3.8) is 0 Å². The molecule has 0 unspecified atom stereocenters. The van der Waals surface area contributed by atoms with Gasteiger partial charge in [-0.3, -0.25) is 4.68 Å². The van der Waals surface area contributed by atoms with Crippen molar-refractivity contribution in [3.05, 3.63) is 12.4 Å². The molecule has 1 aliphatic rings. The van der Waals surface area contributed by atoms with E-state index in [2.05, 4.69) is 18.9 Å². The molecule has 0 spiro atoms. The number of ether oxygens (including phenoxy) is 1. The predicted octanol–water partition coefficient (Wildman–Crippen LogP) is 1.56. The van der Waals surface area contributed by atoms with Gasteiger partial charge in [0.25, 0.3) is 0 Å². The van der Waals surface area contributed by atoms with Crippen molar-refractivity contribution in [2.24, 2.45) is 0 Å². The average molecular weight is 280 g/mol. The molecule has 5 nitrogen and oxygen atoms in total. The molecule has 2 rings (SSSR count). The van der Waals surface area contributed by atoms with Crippen molar-refractivity contribution in [3.8, 4) is 0 Å². The van der Waals surface area contributed by atoms with Gasteiger partial charge in [-0.15, -0.1) is 0 Å². The summed E-state index contributed by atoms with van der Waals surface area (Å²) in [5.41, 5.74) is 0.0770. The van der Waals surface area contributed by atoms with Gasteiger partial charge in [-0.25, -0.2) is 0 Å². The van der Waals surface area contributed by atoms with Crippen molar-refractivity contribution in [1.29, 1.82) is 0 Å². The quantitative estimate of drug-likeness (QED) is 0.785. The van der Waals surface area contributed by atoms with Crippen molar-refractivity contribution < 1.29 is 14.0 Å². The molecule has 1 aromatic rings. The number of aromatic nitrogens is 2. The summed E-state index contributed by atoms with van der Waals surface area (Å²) in [5, 5.41) is 4.42. The minimum absolute atomic E-state index is 0.198. The average Bonchev–Trinajstić information content (AvgIpc) is 2.83. The van der Waals surface area contributed by atoms with Gasteiger partial charge in [0, 0.05) is 25.0 Å². The van der Waals surface area contributed by atoms with E-state index in [1.165, 1.54) is 0 Å². The van der Waals surface area contributed by atoms with Crippen molar-refractivity contribution >= 4 is 12.6 Å². The molecule has 0 N–H and O–H groups in total. The summed E-state index contributed by atoms with van der Waals surface area (Å²) < 4.78 is 19.2. The van der Waals surface area contributed by atoms with Crippen LogP contribution in [-0.4, -0.2) is 41.8 Å². The molecule has 0 saturated carbocycles. The van der Waals surface area contributed by atoms with Crippen LogP contribution >= 0.6 is 0 Å². The zero-order chi connectivity index (χ0) is 15.2. The zero-order valence-corrected chi connectivity index (χ0v) is 13.6. The lowest BCUT2D eigenvalue weighted by molar-refractivity contribution is 0.00578. The Balaban J connectivity index is 2.19. The Labute approximate surface area is 121 Å². The standard InChI is InChI=1S/C14H25BN2O3/c1-12(2,10-18-7)17-9-11(8-16-17)15-19-13(3,4)14(5,6)20-15/h8-9H,10H2,1-7H3. The summed E-state index contributed by atoms with van der Waals surface area (Å²) in [4.78, 5) is 0. The van der Waals surface area contributed by atoms with Crippen LogP contribution in [-0.2, 0) is 19.6 Å². The van der Waals surface area contributed by atoms with E-state index in [9.17, 15) is 0 Å². The van der Waals surface area contributed by atoms with Gasteiger partial charge < -0.3 is 14.0 Å². The summed E-state index contributed by atoms with van der Waals surface area (Å²) in [7, 11) is 1.33. The van der Waals surface area contributed by atoms with Crippen LogP contribution in [0.5, 0.6) is 0 Å². The second-order valence-electron chi connectivity index (χ2n) is 7.05. The number of hydrogen-bond donors (Lipinski definition) is 0. The summed E-state index contributed by atoms with van der Waals surface area (Å²) in [6.07, 6.45) is 3.78. The first kappa shape index (κ1) is 15.5. The number of rotatable bonds is 4. The molecule has 0 amide bonds. The molecule has 1 fully saturated rings. The van der Waals surface area contributed by atoms with Gasteiger partial charge in [0.2, 0.25) is 0 Å². The molecule has 112 valence electrons. The fourth-order valence-corrected chi connectivity index (χ4v) is 2.19. The summed E-state index contributed by atoms with van der Waals surface area (Å²) in [6.45, 7) is 12.9. The molecule has 20 heavy (non-hydrogen) atoms. The van der Waals surface area contributed by atoms with Gasteiger partial charge in [-0.2, -0.15) is 5.10 Å². The van der Waals surface area contributed by atoms with Crippen molar-refractivity contribution in [1.82, 2.24) is 9.78 Å². The smallest absolute Gasteiger partial charge is 0.399 e. The highest BCUT2D eigenvalue weighted by Crippen LogP contribution is 2.36. The third-order valence-corrected chi connectivity index (χ3v) is 4.25. The molecule has 1 aliphatic heterocycles. The molecule has 0 atom stereocenters. The van der Waals surface area contributed by atoms with Crippen molar-refractivity contribution in [2.45, 2.75) is 58.3 Å². The van der Waals surface area contributed by atoms with Gasteiger partial charge in [0.05, 0.1) is 23.3 Å². The Kier molecular flexibility index (Phi) is 3.78. The van der Waals surface area contributed by atoms with Crippen LogP contribution in [0.1, 0.15) is 41.5 Å².